The fraction of sp³-hybridized carbons (Fsp3) is 0.609. The van der Waals surface area contributed by atoms with E-state index in [9.17, 15) is 10.1 Å². The molecule has 1 aromatic carbocycles. The van der Waals surface area contributed by atoms with Gasteiger partial charge in [0.15, 0.2) is 0 Å². The van der Waals surface area contributed by atoms with E-state index in [1.807, 2.05) is 29.4 Å². The van der Waals surface area contributed by atoms with Crippen LogP contribution < -0.4 is 0 Å². The van der Waals surface area contributed by atoms with E-state index in [1.165, 1.54) is 25.7 Å². The molecule has 2 aliphatic carbocycles. The second-order valence-corrected chi connectivity index (χ2v) is 9.26. The molecule has 2 heterocycles. The summed E-state index contributed by atoms with van der Waals surface area (Å²) in [5.74, 6) is 1.11. The topological polar surface area (TPSA) is 71.2 Å². The Labute approximate surface area is 171 Å². The van der Waals surface area contributed by atoms with Gasteiger partial charge in [-0.15, -0.1) is 0 Å². The van der Waals surface area contributed by atoms with Gasteiger partial charge in [-0.3, -0.25) is 0 Å². The highest BCUT2D eigenvalue weighted by atomic mass is 16.6. The first kappa shape index (κ1) is 18.5. The molecule has 0 N–H and O–H groups in total. The molecule has 3 fully saturated rings. The van der Waals surface area contributed by atoms with Crippen molar-refractivity contribution in [2.24, 2.45) is 11.8 Å². The summed E-state index contributed by atoms with van der Waals surface area (Å²) >= 11 is 0. The minimum absolute atomic E-state index is 0.107. The van der Waals surface area contributed by atoms with Gasteiger partial charge in [0, 0.05) is 13.1 Å². The standard InChI is InChI=1S/C23H28N4O2/c24-12-18-7-8-20-21(10-18)27(16-25-20)14-19-6-3-9-23(11-19)15-26(22(28)29-23)13-17-4-1-2-5-17/h7-8,10,16-17,19H,1-6,9,11,13-15H2/t19-,23-/m0/s1. The monoisotopic (exact) mass is 392 g/mol. The molecule has 29 heavy (non-hydrogen) atoms. The van der Waals surface area contributed by atoms with E-state index in [1.54, 1.807) is 0 Å². The molecule has 3 aliphatic rings. The van der Waals surface area contributed by atoms with Gasteiger partial charge in [0.25, 0.3) is 0 Å². The van der Waals surface area contributed by atoms with Gasteiger partial charge in [0.2, 0.25) is 0 Å². The summed E-state index contributed by atoms with van der Waals surface area (Å²) in [5, 5.41) is 9.21. The third kappa shape index (κ3) is 3.59. The van der Waals surface area contributed by atoms with Gasteiger partial charge in [-0.05, 0) is 68.6 Å². The molecule has 1 aromatic heterocycles. The van der Waals surface area contributed by atoms with Crippen molar-refractivity contribution in [2.45, 2.75) is 63.5 Å². The molecular weight excluding hydrogens is 364 g/mol. The number of hydrogen-bond donors (Lipinski definition) is 0. The normalized spacial score (nSPS) is 27.6. The Morgan fingerprint density at radius 1 is 1.17 bits per heavy atom. The molecule has 1 spiro atoms. The Morgan fingerprint density at radius 2 is 2.00 bits per heavy atom. The molecule has 1 saturated heterocycles. The molecule has 0 radical (unpaired) electrons. The van der Waals surface area contributed by atoms with E-state index in [2.05, 4.69) is 15.6 Å². The predicted octanol–water partition coefficient (Wildman–Crippen LogP) is 4.48. The van der Waals surface area contributed by atoms with Crippen LogP contribution in [-0.2, 0) is 11.3 Å². The minimum atomic E-state index is -0.313. The number of rotatable bonds is 4. The Balaban J connectivity index is 1.29. The molecule has 2 aromatic rings. The van der Waals surface area contributed by atoms with Crippen LogP contribution in [0.15, 0.2) is 24.5 Å². The summed E-state index contributed by atoms with van der Waals surface area (Å²) in [6, 6.07) is 7.85. The largest absolute Gasteiger partial charge is 0.441 e. The van der Waals surface area contributed by atoms with Crippen molar-refractivity contribution in [1.82, 2.24) is 14.5 Å². The van der Waals surface area contributed by atoms with Gasteiger partial charge < -0.3 is 14.2 Å². The number of fused-ring (bicyclic) bond motifs is 1. The van der Waals surface area contributed by atoms with Crippen molar-refractivity contribution in [3.8, 4) is 6.07 Å². The van der Waals surface area contributed by atoms with Crippen LogP contribution in [0.3, 0.4) is 0 Å². The lowest BCUT2D eigenvalue weighted by atomic mass is 9.78. The third-order valence-electron chi connectivity index (χ3n) is 7.10. The van der Waals surface area contributed by atoms with Crippen LogP contribution in [0.25, 0.3) is 11.0 Å². The number of nitrogens with zero attached hydrogens (tertiary/aromatic N) is 4. The number of carbonyl (C=O) groups excluding carboxylic acids is 1. The maximum absolute atomic E-state index is 12.6. The lowest BCUT2D eigenvalue weighted by Crippen LogP contribution is -2.41. The van der Waals surface area contributed by atoms with Crippen LogP contribution in [0.1, 0.15) is 56.9 Å². The molecule has 5 rings (SSSR count). The minimum Gasteiger partial charge on any atom is -0.441 e. The number of hydrogen-bond acceptors (Lipinski definition) is 4. The van der Waals surface area contributed by atoms with Crippen LogP contribution in [-0.4, -0.2) is 39.2 Å². The first-order valence-electron chi connectivity index (χ1n) is 11.0. The van der Waals surface area contributed by atoms with Crippen LogP contribution in [0, 0.1) is 23.2 Å². The van der Waals surface area contributed by atoms with Crippen LogP contribution in [0.4, 0.5) is 4.79 Å². The number of benzene rings is 1. The maximum Gasteiger partial charge on any atom is 0.410 e. The molecule has 1 amide bonds. The van der Waals surface area contributed by atoms with E-state index in [0.717, 1.165) is 56.4 Å². The number of imidazole rings is 1. The predicted molar refractivity (Wildman–Crippen MR) is 109 cm³/mol. The van der Waals surface area contributed by atoms with Crippen molar-refractivity contribution in [1.29, 1.82) is 5.26 Å². The Kier molecular flexibility index (Phi) is 4.69. The molecule has 6 nitrogen and oxygen atoms in total. The molecule has 0 bridgehead atoms. The quantitative estimate of drug-likeness (QED) is 0.769. The summed E-state index contributed by atoms with van der Waals surface area (Å²) in [6.07, 6.45) is 11.0. The molecule has 2 atom stereocenters. The number of nitriles is 1. The van der Waals surface area contributed by atoms with Gasteiger partial charge in [-0.25, -0.2) is 9.78 Å². The van der Waals surface area contributed by atoms with E-state index in [4.69, 9.17) is 4.74 Å². The zero-order valence-electron chi connectivity index (χ0n) is 16.8. The van der Waals surface area contributed by atoms with Gasteiger partial charge in [0.05, 0.1) is 35.5 Å². The van der Waals surface area contributed by atoms with Crippen molar-refractivity contribution < 1.29 is 9.53 Å². The average molecular weight is 393 g/mol. The van der Waals surface area contributed by atoms with Crippen LogP contribution in [0.2, 0.25) is 0 Å². The Morgan fingerprint density at radius 3 is 2.83 bits per heavy atom. The van der Waals surface area contributed by atoms with E-state index < -0.39 is 0 Å². The van der Waals surface area contributed by atoms with Crippen molar-refractivity contribution in [3.05, 3.63) is 30.1 Å². The first-order chi connectivity index (χ1) is 14.1. The highest BCUT2D eigenvalue weighted by molar-refractivity contribution is 5.77. The Bertz CT molecular complexity index is 955. The van der Waals surface area contributed by atoms with Gasteiger partial charge >= 0.3 is 6.09 Å². The van der Waals surface area contributed by atoms with Gasteiger partial charge in [-0.1, -0.05) is 12.8 Å². The molecule has 1 aliphatic heterocycles. The van der Waals surface area contributed by atoms with E-state index in [-0.39, 0.29) is 11.7 Å². The van der Waals surface area contributed by atoms with Gasteiger partial charge in [0.1, 0.15) is 5.60 Å². The van der Waals surface area contributed by atoms with Crippen molar-refractivity contribution >= 4 is 17.1 Å². The third-order valence-corrected chi connectivity index (χ3v) is 7.10. The van der Waals surface area contributed by atoms with E-state index in [0.29, 0.717) is 17.4 Å². The zero-order chi connectivity index (χ0) is 19.8. The lowest BCUT2D eigenvalue weighted by Gasteiger charge is -2.36. The number of amides is 1. The summed E-state index contributed by atoms with van der Waals surface area (Å²) in [6.45, 7) is 2.48. The van der Waals surface area contributed by atoms with Gasteiger partial charge in [-0.2, -0.15) is 5.26 Å². The van der Waals surface area contributed by atoms with E-state index >= 15 is 0 Å². The molecule has 0 unspecified atom stereocenters. The van der Waals surface area contributed by atoms with Crippen LogP contribution >= 0.6 is 0 Å². The van der Waals surface area contributed by atoms with Crippen molar-refractivity contribution in [3.63, 3.8) is 0 Å². The van der Waals surface area contributed by atoms with Crippen LogP contribution in [0.5, 0.6) is 0 Å². The average Bonchev–Trinajstić information content (AvgIpc) is 3.43. The summed E-state index contributed by atoms with van der Waals surface area (Å²) in [5.41, 5.74) is 2.28. The molecule has 152 valence electrons. The molecular formula is C23H28N4O2. The number of carbonyl (C=O) groups is 1. The summed E-state index contributed by atoms with van der Waals surface area (Å²) < 4.78 is 8.16. The zero-order valence-corrected chi connectivity index (χ0v) is 16.8. The highest BCUT2D eigenvalue weighted by Gasteiger charge is 2.48. The van der Waals surface area contributed by atoms with Crippen molar-refractivity contribution in [2.75, 3.05) is 13.1 Å². The molecule has 2 saturated carbocycles. The fourth-order valence-corrected chi connectivity index (χ4v) is 5.72. The molecule has 6 heteroatoms. The number of aromatic nitrogens is 2. The second kappa shape index (κ2) is 7.37. The first-order valence-corrected chi connectivity index (χ1v) is 11.0. The lowest BCUT2D eigenvalue weighted by molar-refractivity contribution is 0.00414. The SMILES string of the molecule is N#Cc1ccc2ncn(C[C@H]3CCC[C@]4(C3)CN(CC3CCCC3)C(=O)O4)c2c1. The summed E-state index contributed by atoms with van der Waals surface area (Å²) in [4.78, 5) is 19.0. The Hall–Kier alpha value is -2.55. The highest BCUT2D eigenvalue weighted by Crippen LogP contribution is 2.41. The smallest absolute Gasteiger partial charge is 0.410 e. The fourth-order valence-electron chi connectivity index (χ4n) is 5.72. The summed E-state index contributed by atoms with van der Waals surface area (Å²) in [7, 11) is 0. The maximum atomic E-state index is 12.6. The second-order valence-electron chi connectivity index (χ2n) is 9.26. The number of ether oxygens (including phenoxy) is 1.